The number of carbonyl (C=O) groups excluding carboxylic acids is 2. The molecule has 0 unspecified atom stereocenters. The number of nitrogens with zero attached hydrogens (tertiary/aromatic N) is 1. The Balaban J connectivity index is 1.53. The summed E-state index contributed by atoms with van der Waals surface area (Å²) in [5, 5.41) is 7.86. The first-order chi connectivity index (χ1) is 15.5. The normalized spacial score (nSPS) is 14.2. The molecule has 0 atom stereocenters. The lowest BCUT2D eigenvalue weighted by Crippen LogP contribution is -2.24. The van der Waals surface area contributed by atoms with Gasteiger partial charge in [0.2, 0.25) is 0 Å². The van der Waals surface area contributed by atoms with Crippen molar-refractivity contribution in [3.05, 3.63) is 92.9 Å². The van der Waals surface area contributed by atoms with Crippen molar-refractivity contribution in [3.63, 3.8) is 0 Å². The Labute approximate surface area is 191 Å². The van der Waals surface area contributed by atoms with Crippen LogP contribution in [0, 0.1) is 13.8 Å². The zero-order valence-electron chi connectivity index (χ0n) is 18.0. The van der Waals surface area contributed by atoms with Crippen LogP contribution in [0.2, 0.25) is 5.02 Å². The number of fused-ring (bicyclic) bond motifs is 1. The number of furan rings is 1. The maximum absolute atomic E-state index is 12.8. The summed E-state index contributed by atoms with van der Waals surface area (Å²) in [5.74, 6) is 0.420. The lowest BCUT2D eigenvalue weighted by molar-refractivity contribution is 0.0919. The molecule has 1 aliphatic rings. The van der Waals surface area contributed by atoms with Gasteiger partial charge < -0.3 is 9.73 Å². The molecule has 0 saturated carbocycles. The number of amides is 2. The predicted octanol–water partition coefficient (Wildman–Crippen LogP) is 4.95. The minimum Gasteiger partial charge on any atom is -0.455 e. The number of rotatable bonds is 5. The third-order valence-electron chi connectivity index (χ3n) is 5.61. The number of nitrogens with one attached hydrogen (secondary N) is 2. The summed E-state index contributed by atoms with van der Waals surface area (Å²) in [5.41, 5.74) is 7.21. The summed E-state index contributed by atoms with van der Waals surface area (Å²) >= 11 is 6.18. The van der Waals surface area contributed by atoms with Gasteiger partial charge >= 0.3 is 0 Å². The monoisotopic (exact) mass is 449 g/mol. The van der Waals surface area contributed by atoms with E-state index in [1.807, 2.05) is 50.2 Å². The van der Waals surface area contributed by atoms with E-state index in [0.29, 0.717) is 23.6 Å². The van der Waals surface area contributed by atoms with Crippen LogP contribution in [0.25, 0.3) is 0 Å². The molecule has 0 saturated heterocycles. The lowest BCUT2D eigenvalue weighted by atomic mass is 9.93. The van der Waals surface area contributed by atoms with Crippen LogP contribution in [0.15, 0.2) is 58.0 Å². The lowest BCUT2D eigenvalue weighted by Gasteiger charge is -2.13. The Kier molecular flexibility index (Phi) is 6.42. The fourth-order valence-electron chi connectivity index (χ4n) is 3.90. The second-order valence-corrected chi connectivity index (χ2v) is 8.20. The van der Waals surface area contributed by atoms with Gasteiger partial charge in [-0.15, -0.1) is 0 Å². The van der Waals surface area contributed by atoms with Gasteiger partial charge in [0, 0.05) is 34.7 Å². The van der Waals surface area contributed by atoms with Crippen LogP contribution in [0.1, 0.15) is 61.8 Å². The van der Waals surface area contributed by atoms with Crippen LogP contribution in [-0.2, 0) is 13.0 Å². The minimum atomic E-state index is -0.305. The average molecular weight is 450 g/mol. The summed E-state index contributed by atoms with van der Waals surface area (Å²) in [6.07, 6.45) is 2.25. The third kappa shape index (κ3) is 4.46. The summed E-state index contributed by atoms with van der Waals surface area (Å²) in [6, 6.07) is 14.7. The van der Waals surface area contributed by atoms with Crippen molar-refractivity contribution in [1.82, 2.24) is 10.7 Å². The van der Waals surface area contributed by atoms with E-state index >= 15 is 0 Å². The van der Waals surface area contributed by atoms with E-state index in [9.17, 15) is 9.59 Å². The number of hydrazone groups is 1. The second kappa shape index (κ2) is 9.40. The number of hydrogen-bond acceptors (Lipinski definition) is 4. The van der Waals surface area contributed by atoms with E-state index in [-0.39, 0.29) is 17.6 Å². The topological polar surface area (TPSA) is 83.7 Å². The highest BCUT2D eigenvalue weighted by Crippen LogP contribution is 2.30. The van der Waals surface area contributed by atoms with E-state index in [4.69, 9.17) is 16.0 Å². The first kappa shape index (κ1) is 21.8. The maximum atomic E-state index is 12.8. The number of halogens is 1. The fraction of sp³-hybridized carbons (Fsp3) is 0.240. The summed E-state index contributed by atoms with van der Waals surface area (Å²) in [6.45, 7) is 4.03. The molecule has 2 aromatic carbocycles. The van der Waals surface area contributed by atoms with Crippen LogP contribution in [-0.4, -0.2) is 17.5 Å². The van der Waals surface area contributed by atoms with E-state index in [1.165, 1.54) is 0 Å². The molecule has 2 amide bonds. The van der Waals surface area contributed by atoms with Crippen molar-refractivity contribution in [2.24, 2.45) is 5.10 Å². The Morgan fingerprint density at radius 1 is 1.03 bits per heavy atom. The van der Waals surface area contributed by atoms with Crippen molar-refractivity contribution in [2.45, 2.75) is 39.7 Å². The summed E-state index contributed by atoms with van der Waals surface area (Å²) in [7, 11) is 0. The van der Waals surface area contributed by atoms with Crippen molar-refractivity contribution in [1.29, 1.82) is 0 Å². The quantitative estimate of drug-likeness (QED) is 0.540. The molecule has 0 radical (unpaired) electrons. The van der Waals surface area contributed by atoms with Crippen molar-refractivity contribution in [3.8, 4) is 0 Å². The molecule has 4 rings (SSSR count). The molecule has 6 nitrogen and oxygen atoms in total. The van der Waals surface area contributed by atoms with Gasteiger partial charge in [0.15, 0.2) is 5.76 Å². The molecule has 0 aliphatic heterocycles. The maximum Gasteiger partial charge on any atom is 0.287 e. The van der Waals surface area contributed by atoms with Crippen molar-refractivity contribution < 1.29 is 14.0 Å². The SMILES string of the molecule is Cc1ccccc1C(=O)N/N=C1\CCCc2oc(C(=O)NCc3ccccc3Cl)c(C)c21. The highest BCUT2D eigenvalue weighted by atomic mass is 35.5. The summed E-state index contributed by atoms with van der Waals surface area (Å²) in [4.78, 5) is 25.4. The molecule has 0 bridgehead atoms. The molecule has 164 valence electrons. The average Bonchev–Trinajstić information content (AvgIpc) is 3.14. The number of hydrogen-bond donors (Lipinski definition) is 2. The standard InChI is InChI=1S/C25H24ClN3O3/c1-15-8-3-5-10-18(15)24(30)29-28-20-12-7-13-21-22(20)16(2)23(32-21)25(31)27-14-17-9-4-6-11-19(17)26/h3-6,8-11H,7,12-14H2,1-2H3,(H,27,31)(H,29,30)/b28-20+. The molecule has 1 aromatic heterocycles. The third-order valence-corrected chi connectivity index (χ3v) is 5.98. The zero-order valence-corrected chi connectivity index (χ0v) is 18.8. The first-order valence-electron chi connectivity index (χ1n) is 10.5. The van der Waals surface area contributed by atoms with Crippen LogP contribution in [0.3, 0.4) is 0 Å². The highest BCUT2D eigenvalue weighted by molar-refractivity contribution is 6.31. The smallest absolute Gasteiger partial charge is 0.287 e. The largest absolute Gasteiger partial charge is 0.455 e. The fourth-order valence-corrected chi connectivity index (χ4v) is 4.10. The molecular formula is C25H24ClN3O3. The van der Waals surface area contributed by atoms with Gasteiger partial charge in [0.05, 0.1) is 5.71 Å². The Morgan fingerprint density at radius 2 is 1.78 bits per heavy atom. The van der Waals surface area contributed by atoms with Gasteiger partial charge in [-0.3, -0.25) is 9.59 Å². The van der Waals surface area contributed by atoms with Crippen LogP contribution in [0.4, 0.5) is 0 Å². The van der Waals surface area contributed by atoms with E-state index in [0.717, 1.165) is 46.6 Å². The highest BCUT2D eigenvalue weighted by Gasteiger charge is 2.28. The molecule has 7 heteroatoms. The Morgan fingerprint density at radius 3 is 2.56 bits per heavy atom. The molecule has 2 N–H and O–H groups in total. The van der Waals surface area contributed by atoms with Crippen LogP contribution < -0.4 is 10.7 Å². The van der Waals surface area contributed by atoms with E-state index in [1.54, 1.807) is 12.1 Å². The van der Waals surface area contributed by atoms with Crippen molar-refractivity contribution >= 4 is 29.1 Å². The van der Waals surface area contributed by atoms with E-state index in [2.05, 4.69) is 15.8 Å². The van der Waals surface area contributed by atoms with E-state index < -0.39 is 0 Å². The Hall–Kier alpha value is -3.38. The molecule has 3 aromatic rings. The number of aryl methyl sites for hydroxylation is 2. The van der Waals surface area contributed by atoms with Gasteiger partial charge in [0.1, 0.15) is 5.76 Å². The number of benzene rings is 2. The summed E-state index contributed by atoms with van der Waals surface area (Å²) < 4.78 is 5.92. The molecule has 32 heavy (non-hydrogen) atoms. The first-order valence-corrected chi connectivity index (χ1v) is 10.9. The van der Waals surface area contributed by atoms with Crippen LogP contribution >= 0.6 is 11.6 Å². The van der Waals surface area contributed by atoms with Gasteiger partial charge in [-0.25, -0.2) is 5.43 Å². The number of carbonyl (C=O) groups is 2. The van der Waals surface area contributed by atoms with Gasteiger partial charge in [-0.05, 0) is 49.9 Å². The van der Waals surface area contributed by atoms with Gasteiger partial charge in [0.25, 0.3) is 11.8 Å². The predicted molar refractivity (Wildman–Crippen MR) is 124 cm³/mol. The van der Waals surface area contributed by atoms with Gasteiger partial charge in [-0.1, -0.05) is 48.0 Å². The van der Waals surface area contributed by atoms with Gasteiger partial charge in [-0.2, -0.15) is 5.10 Å². The van der Waals surface area contributed by atoms with Crippen LogP contribution in [0.5, 0.6) is 0 Å². The second-order valence-electron chi connectivity index (χ2n) is 7.80. The molecule has 0 fully saturated rings. The Bertz CT molecular complexity index is 1210. The molecular weight excluding hydrogens is 426 g/mol. The van der Waals surface area contributed by atoms with Crippen molar-refractivity contribution in [2.75, 3.05) is 0 Å². The molecule has 1 heterocycles. The zero-order chi connectivity index (χ0) is 22.7. The minimum absolute atomic E-state index is 0.262. The molecule has 0 spiro atoms. The molecule has 1 aliphatic carbocycles.